The van der Waals surface area contributed by atoms with Crippen molar-refractivity contribution < 1.29 is 23.5 Å². The number of carbonyl (C=O) groups excluding carboxylic acids is 2. The second-order valence-corrected chi connectivity index (χ2v) is 6.21. The largest absolute Gasteiger partial charge is 0.463 e. The van der Waals surface area contributed by atoms with E-state index in [2.05, 4.69) is 15.8 Å². The Bertz CT molecular complexity index is 1110. The minimum Gasteiger partial charge on any atom is -0.463 e. The summed E-state index contributed by atoms with van der Waals surface area (Å²) in [6.45, 7) is 0.141. The van der Waals surface area contributed by atoms with Crippen LogP contribution in [0.2, 0.25) is 0 Å². The Morgan fingerprint density at radius 3 is 2.60 bits per heavy atom. The molecule has 4 rings (SSSR count). The van der Waals surface area contributed by atoms with E-state index < -0.39 is 11.8 Å². The maximum atomic E-state index is 12.7. The van der Waals surface area contributed by atoms with Gasteiger partial charge in [0, 0.05) is 5.56 Å². The first-order chi connectivity index (χ1) is 14.7. The van der Waals surface area contributed by atoms with E-state index in [0.717, 1.165) is 0 Å². The molecule has 150 valence electrons. The molecular formula is C22H17N3O5. The Morgan fingerprint density at radius 1 is 0.967 bits per heavy atom. The zero-order chi connectivity index (χ0) is 20.8. The lowest BCUT2D eigenvalue weighted by atomic mass is 10.1. The van der Waals surface area contributed by atoms with Crippen molar-refractivity contribution in [3.05, 3.63) is 89.5 Å². The molecule has 2 aromatic carbocycles. The molecule has 0 radical (unpaired) electrons. The molecule has 30 heavy (non-hydrogen) atoms. The molecule has 2 amide bonds. The standard InChI is InChI=1S/C22H17N3O5/c26-21(16-5-2-1-3-6-16)24-18(22(27)25-23-13-17-7-4-10-28-17)11-15-8-9-19-20(12-15)30-14-29-19/h1-13H,14H2,(H,24,26)(H,25,27)/b18-11+,23-13-. The van der Waals surface area contributed by atoms with Gasteiger partial charge >= 0.3 is 0 Å². The van der Waals surface area contributed by atoms with E-state index in [0.29, 0.717) is 28.4 Å². The molecule has 0 saturated heterocycles. The number of fused-ring (bicyclic) bond motifs is 1. The van der Waals surface area contributed by atoms with Crippen LogP contribution in [0.25, 0.3) is 6.08 Å². The number of amides is 2. The third-order valence-corrected chi connectivity index (χ3v) is 4.14. The van der Waals surface area contributed by atoms with Gasteiger partial charge in [0.15, 0.2) is 11.5 Å². The summed E-state index contributed by atoms with van der Waals surface area (Å²) in [6.07, 6.45) is 4.38. The number of ether oxygens (including phenoxy) is 2. The summed E-state index contributed by atoms with van der Waals surface area (Å²) >= 11 is 0. The smallest absolute Gasteiger partial charge is 0.287 e. The van der Waals surface area contributed by atoms with Crippen LogP contribution >= 0.6 is 0 Å². The number of benzene rings is 2. The van der Waals surface area contributed by atoms with Crippen LogP contribution in [0.1, 0.15) is 21.7 Å². The minimum atomic E-state index is -0.597. The van der Waals surface area contributed by atoms with Gasteiger partial charge < -0.3 is 19.2 Å². The number of rotatable bonds is 6. The first-order valence-corrected chi connectivity index (χ1v) is 9.04. The van der Waals surface area contributed by atoms with E-state index in [4.69, 9.17) is 13.9 Å². The third kappa shape index (κ3) is 4.56. The zero-order valence-corrected chi connectivity index (χ0v) is 15.7. The van der Waals surface area contributed by atoms with Crippen molar-refractivity contribution in [2.24, 2.45) is 5.10 Å². The fourth-order valence-electron chi connectivity index (χ4n) is 2.69. The Labute approximate surface area is 171 Å². The summed E-state index contributed by atoms with van der Waals surface area (Å²) in [5, 5.41) is 6.49. The van der Waals surface area contributed by atoms with Crippen molar-refractivity contribution in [1.82, 2.24) is 10.7 Å². The summed E-state index contributed by atoms with van der Waals surface area (Å²) in [4.78, 5) is 25.2. The van der Waals surface area contributed by atoms with Gasteiger partial charge in [0.05, 0.1) is 12.5 Å². The second-order valence-electron chi connectivity index (χ2n) is 6.21. The van der Waals surface area contributed by atoms with Crippen LogP contribution < -0.4 is 20.2 Å². The van der Waals surface area contributed by atoms with Crippen molar-refractivity contribution in [2.75, 3.05) is 6.79 Å². The van der Waals surface area contributed by atoms with E-state index in [9.17, 15) is 9.59 Å². The van der Waals surface area contributed by atoms with Gasteiger partial charge in [0.25, 0.3) is 11.8 Å². The monoisotopic (exact) mass is 403 g/mol. The van der Waals surface area contributed by atoms with Crippen molar-refractivity contribution >= 4 is 24.1 Å². The fraction of sp³-hybridized carbons (Fsp3) is 0.0455. The van der Waals surface area contributed by atoms with Crippen molar-refractivity contribution in [3.8, 4) is 11.5 Å². The molecule has 2 N–H and O–H groups in total. The normalized spacial score (nSPS) is 12.7. The highest BCUT2D eigenvalue weighted by molar-refractivity contribution is 6.05. The van der Waals surface area contributed by atoms with Gasteiger partial charge in [-0.1, -0.05) is 24.3 Å². The predicted octanol–water partition coefficient (Wildman–Crippen LogP) is 2.93. The highest BCUT2D eigenvalue weighted by Crippen LogP contribution is 2.33. The van der Waals surface area contributed by atoms with Crippen LogP contribution in [-0.4, -0.2) is 24.8 Å². The minimum absolute atomic E-state index is 0.0133. The maximum absolute atomic E-state index is 12.7. The molecule has 8 nitrogen and oxygen atoms in total. The quantitative estimate of drug-likeness (QED) is 0.374. The van der Waals surface area contributed by atoms with Crippen LogP contribution in [-0.2, 0) is 4.79 Å². The van der Waals surface area contributed by atoms with E-state index in [1.807, 2.05) is 0 Å². The highest BCUT2D eigenvalue weighted by atomic mass is 16.7. The summed E-state index contributed by atoms with van der Waals surface area (Å²) in [5.74, 6) is 0.640. The summed E-state index contributed by atoms with van der Waals surface area (Å²) < 4.78 is 15.8. The Morgan fingerprint density at radius 2 is 1.80 bits per heavy atom. The molecule has 0 aliphatic carbocycles. The van der Waals surface area contributed by atoms with Crippen molar-refractivity contribution in [2.45, 2.75) is 0 Å². The fourth-order valence-corrected chi connectivity index (χ4v) is 2.69. The molecule has 1 aliphatic rings. The first kappa shape index (κ1) is 19.0. The SMILES string of the molecule is O=C(N/N=C\c1ccco1)/C(=C\c1ccc2c(c1)OCO2)NC(=O)c1ccccc1. The number of hydrogen-bond acceptors (Lipinski definition) is 6. The Balaban J connectivity index is 1.56. The van der Waals surface area contributed by atoms with Gasteiger partial charge in [0.2, 0.25) is 6.79 Å². The summed E-state index contributed by atoms with van der Waals surface area (Å²) in [5.41, 5.74) is 3.46. The molecule has 1 aromatic heterocycles. The molecule has 0 saturated carbocycles. The summed E-state index contributed by atoms with van der Waals surface area (Å²) in [6, 6.07) is 17.2. The predicted molar refractivity (Wildman–Crippen MR) is 109 cm³/mol. The molecule has 0 unspecified atom stereocenters. The molecule has 1 aliphatic heterocycles. The molecule has 0 fully saturated rings. The number of nitrogens with zero attached hydrogens (tertiary/aromatic N) is 1. The number of nitrogens with one attached hydrogen (secondary N) is 2. The van der Waals surface area contributed by atoms with Crippen molar-refractivity contribution in [3.63, 3.8) is 0 Å². The van der Waals surface area contributed by atoms with Crippen molar-refractivity contribution in [1.29, 1.82) is 0 Å². The third-order valence-electron chi connectivity index (χ3n) is 4.14. The number of furan rings is 1. The van der Waals surface area contributed by atoms with Gasteiger partial charge in [-0.3, -0.25) is 9.59 Å². The number of hydrogen-bond donors (Lipinski definition) is 2. The highest BCUT2D eigenvalue weighted by Gasteiger charge is 2.16. The van der Waals surface area contributed by atoms with Crippen LogP contribution in [0.4, 0.5) is 0 Å². The van der Waals surface area contributed by atoms with E-state index in [-0.39, 0.29) is 12.5 Å². The molecular weight excluding hydrogens is 386 g/mol. The maximum Gasteiger partial charge on any atom is 0.287 e. The molecule has 3 aromatic rings. The van der Waals surface area contributed by atoms with E-state index >= 15 is 0 Å². The van der Waals surface area contributed by atoms with Gasteiger partial charge in [0.1, 0.15) is 11.5 Å². The van der Waals surface area contributed by atoms with Gasteiger partial charge in [-0.2, -0.15) is 5.10 Å². The number of hydrazone groups is 1. The number of carbonyl (C=O) groups is 2. The lowest BCUT2D eigenvalue weighted by Crippen LogP contribution is -2.32. The lowest BCUT2D eigenvalue weighted by Gasteiger charge is -2.09. The Kier molecular flexibility index (Phi) is 5.56. The Hall–Kier alpha value is -4.33. The van der Waals surface area contributed by atoms with E-state index in [1.54, 1.807) is 60.7 Å². The van der Waals surface area contributed by atoms with Gasteiger partial charge in [-0.25, -0.2) is 5.43 Å². The molecule has 2 heterocycles. The van der Waals surface area contributed by atoms with Crippen LogP contribution in [0.5, 0.6) is 11.5 Å². The first-order valence-electron chi connectivity index (χ1n) is 9.04. The van der Waals surface area contributed by atoms with E-state index in [1.165, 1.54) is 18.6 Å². The van der Waals surface area contributed by atoms with Crippen LogP contribution in [0.3, 0.4) is 0 Å². The second kappa shape index (κ2) is 8.78. The average Bonchev–Trinajstić information content (AvgIpc) is 3.45. The molecule has 8 heteroatoms. The lowest BCUT2D eigenvalue weighted by molar-refractivity contribution is -0.117. The van der Waals surface area contributed by atoms with Gasteiger partial charge in [-0.05, 0) is 48.0 Å². The zero-order valence-electron chi connectivity index (χ0n) is 15.7. The van der Waals surface area contributed by atoms with Gasteiger partial charge in [-0.15, -0.1) is 0 Å². The summed E-state index contributed by atoms with van der Waals surface area (Å²) in [7, 11) is 0. The topological polar surface area (TPSA) is 102 Å². The molecule has 0 atom stereocenters. The average molecular weight is 403 g/mol. The van der Waals surface area contributed by atoms with Crippen LogP contribution in [0.15, 0.2) is 82.1 Å². The van der Waals surface area contributed by atoms with Crippen LogP contribution in [0, 0.1) is 0 Å². The molecule has 0 spiro atoms. The molecule has 0 bridgehead atoms.